The number of nitrogens with zero attached hydrogens (tertiary/aromatic N) is 5. The summed E-state index contributed by atoms with van der Waals surface area (Å²) in [5.74, 6) is -1.16. The van der Waals surface area contributed by atoms with E-state index in [4.69, 9.17) is 34.7 Å². The highest BCUT2D eigenvalue weighted by Gasteiger charge is 2.55. The zero-order valence-electron chi connectivity index (χ0n) is 45.2. The van der Waals surface area contributed by atoms with E-state index in [1.807, 2.05) is 139 Å². The van der Waals surface area contributed by atoms with Crippen LogP contribution in [0.3, 0.4) is 0 Å². The first-order valence-corrected chi connectivity index (χ1v) is 28.3. The number of halogens is 1. The van der Waals surface area contributed by atoms with Gasteiger partial charge in [-0.25, -0.2) is 19.1 Å². The number of hydrogen-bond acceptors (Lipinski definition) is 16. The lowest BCUT2D eigenvalue weighted by atomic mass is 9.77. The van der Waals surface area contributed by atoms with Crippen LogP contribution in [0.15, 0.2) is 179 Å². The number of fused-ring (bicyclic) bond motifs is 1. The van der Waals surface area contributed by atoms with Gasteiger partial charge in [-0.15, -0.1) is 23.1 Å². The van der Waals surface area contributed by atoms with Crippen molar-refractivity contribution in [2.75, 3.05) is 29.7 Å². The molecule has 2 atom stereocenters. The standard InChI is InChI=1S/C60H60N8O8S3.ClH/c1-58(2,3)75-55(72)59(4,5)76-66-47(46-37-78-56(62-46)65-60(42-22-14-9-15-23-42,43-24-16-10-17-25-43)44-26-18-11-19-27-44)51(69)63-48-52(70)68-49(54(71)74-34-39-28-30-45(73-7)31-29-39)41(35-77-53(48)68)36-79-57-64-50(61)40(33-67(57)6)32-38-20-12-8-13-21-38;/h8-31,33,37,48,53,61H,32,34-36H2,1-7H3,(H2,62,63,65,69);1H/b66-47-;. The van der Waals surface area contributed by atoms with Crippen molar-refractivity contribution in [2.24, 2.45) is 12.2 Å². The Morgan fingerprint density at radius 3 is 1.99 bits per heavy atom. The highest BCUT2D eigenvalue weighted by Crippen LogP contribution is 2.43. The van der Waals surface area contributed by atoms with Crippen molar-refractivity contribution in [3.05, 3.63) is 208 Å². The maximum absolute atomic E-state index is 14.9. The molecule has 9 rings (SSSR count). The van der Waals surface area contributed by atoms with Crippen LogP contribution in [0.1, 0.15) is 73.7 Å². The van der Waals surface area contributed by atoms with Gasteiger partial charge in [-0.2, -0.15) is 0 Å². The summed E-state index contributed by atoms with van der Waals surface area (Å²) >= 11 is 4.00. The molecule has 0 spiro atoms. The van der Waals surface area contributed by atoms with Crippen LogP contribution in [-0.4, -0.2) is 85.6 Å². The molecule has 2 unspecified atom stereocenters. The number of amides is 2. The van der Waals surface area contributed by atoms with Gasteiger partial charge in [-0.05, 0) is 96.9 Å². The first-order chi connectivity index (χ1) is 37.9. The molecule has 5 aromatic carbocycles. The van der Waals surface area contributed by atoms with Crippen molar-refractivity contribution in [3.8, 4) is 5.75 Å². The van der Waals surface area contributed by atoms with Gasteiger partial charge in [0.15, 0.2) is 10.8 Å². The number of carbonyl (C=O) groups excluding carboxylic acids is 4. The number of nitrogens with one attached hydrogen (secondary N) is 2. The Labute approximate surface area is 484 Å². The van der Waals surface area contributed by atoms with Crippen molar-refractivity contribution in [1.82, 2.24) is 20.2 Å². The Balaban J connectivity index is 0.00000841. The maximum Gasteiger partial charge on any atom is 0.361 e. The van der Waals surface area contributed by atoms with Gasteiger partial charge in [-0.3, -0.25) is 14.5 Å². The number of esters is 2. The number of ether oxygens (including phenoxy) is 3. The summed E-state index contributed by atoms with van der Waals surface area (Å²) in [6, 6.07) is 45.9. The van der Waals surface area contributed by atoms with E-state index in [9.17, 15) is 19.2 Å². The largest absolute Gasteiger partial charge is 1.00 e. The van der Waals surface area contributed by atoms with Gasteiger partial charge in [0, 0.05) is 23.3 Å². The Bertz CT molecular complexity index is 3300. The molecule has 414 valence electrons. The summed E-state index contributed by atoms with van der Waals surface area (Å²) in [5.41, 5.74) is 9.03. The molecule has 4 heterocycles. The van der Waals surface area contributed by atoms with Crippen molar-refractivity contribution >= 4 is 75.3 Å². The third-order valence-electron chi connectivity index (χ3n) is 13.0. The van der Waals surface area contributed by atoms with Crippen molar-refractivity contribution in [1.29, 1.82) is 0 Å². The van der Waals surface area contributed by atoms with Crippen LogP contribution in [0.5, 0.6) is 5.75 Å². The fourth-order valence-corrected chi connectivity index (χ4v) is 12.1. The van der Waals surface area contributed by atoms with Crippen LogP contribution in [0, 0.1) is 0 Å². The van der Waals surface area contributed by atoms with Gasteiger partial charge in [0.25, 0.3) is 11.8 Å². The van der Waals surface area contributed by atoms with Crippen molar-refractivity contribution < 1.29 is 55.2 Å². The molecular formula is C60H61ClN8O8S3. The van der Waals surface area contributed by atoms with E-state index in [1.165, 1.54) is 53.6 Å². The normalized spacial score (nSPS) is 15.4. The Hall–Kier alpha value is -7.71. The molecule has 0 bridgehead atoms. The monoisotopic (exact) mass is 1150 g/mol. The molecule has 0 aliphatic carbocycles. The molecular weight excluding hydrogens is 1090 g/mol. The van der Waals surface area contributed by atoms with Crippen LogP contribution in [0.25, 0.3) is 0 Å². The lowest BCUT2D eigenvalue weighted by Gasteiger charge is -2.49. The van der Waals surface area contributed by atoms with E-state index >= 15 is 0 Å². The second kappa shape index (κ2) is 25.2. The number of oxime groups is 1. The van der Waals surface area contributed by atoms with Gasteiger partial charge < -0.3 is 47.8 Å². The fourth-order valence-electron chi connectivity index (χ4n) is 8.96. The number of thioether (sulfide) groups is 2. The molecule has 0 saturated carbocycles. The number of benzene rings is 5. The number of nitrogens with two attached hydrogens (primary N) is 1. The SMILES string of the molecule is COc1ccc(COC(=O)C2=C(CSc3nc(N)c(Cc4ccccc4)c[n+]3C)CSC3C(NC(=O)/C(=N\OC(C)(C)C(=O)OC(C)(C)C)c4csc(NC(c5ccccc5)(c5ccccc5)c5ccccc5)n4)C(=O)N23)cc1.[Cl-]. The van der Waals surface area contributed by atoms with Crippen LogP contribution in [0.4, 0.5) is 10.9 Å². The first kappa shape index (κ1) is 58.4. The third-order valence-corrected chi connectivity index (χ3v) is 16.2. The van der Waals surface area contributed by atoms with Crippen LogP contribution >= 0.6 is 34.9 Å². The van der Waals surface area contributed by atoms with Gasteiger partial charge in [0.05, 0.1) is 19.7 Å². The highest BCUT2D eigenvalue weighted by molar-refractivity contribution is 8.01. The number of thiazole rings is 1. The predicted molar refractivity (Wildman–Crippen MR) is 307 cm³/mol. The summed E-state index contributed by atoms with van der Waals surface area (Å²) in [5, 5.41) is 12.9. The minimum atomic E-state index is -1.66. The quantitative estimate of drug-likeness (QED) is 0.0118. The van der Waals surface area contributed by atoms with E-state index in [0.717, 1.165) is 27.8 Å². The maximum atomic E-state index is 14.9. The zero-order chi connectivity index (χ0) is 55.9. The molecule has 0 radical (unpaired) electrons. The van der Waals surface area contributed by atoms with E-state index < -0.39 is 51.9 Å². The highest BCUT2D eigenvalue weighted by atomic mass is 35.5. The Morgan fingerprint density at radius 1 is 0.825 bits per heavy atom. The number of anilines is 2. The summed E-state index contributed by atoms with van der Waals surface area (Å²) in [6.45, 7) is 8.10. The minimum Gasteiger partial charge on any atom is -1.00 e. The smallest absolute Gasteiger partial charge is 0.361 e. The predicted octanol–water partition coefficient (Wildman–Crippen LogP) is 5.98. The lowest BCUT2D eigenvalue weighted by Crippen LogP contribution is -3.00. The number of nitrogen functional groups attached to an aromatic ring is 1. The topological polar surface area (TPSA) is 201 Å². The Kier molecular flexibility index (Phi) is 18.4. The van der Waals surface area contributed by atoms with Gasteiger partial charge in [0.2, 0.25) is 11.4 Å². The number of rotatable bonds is 20. The van der Waals surface area contributed by atoms with Gasteiger partial charge >= 0.3 is 17.1 Å². The second-order valence-electron chi connectivity index (χ2n) is 20.3. The summed E-state index contributed by atoms with van der Waals surface area (Å²) < 4.78 is 18.8. The lowest BCUT2D eigenvalue weighted by molar-refractivity contribution is -0.713. The molecule has 20 heteroatoms. The third kappa shape index (κ3) is 13.1. The van der Waals surface area contributed by atoms with Crippen LogP contribution in [0.2, 0.25) is 0 Å². The van der Waals surface area contributed by atoms with Crippen LogP contribution < -0.4 is 38.1 Å². The summed E-state index contributed by atoms with van der Waals surface area (Å²) in [6.07, 6.45) is 2.55. The molecule has 2 aliphatic rings. The number of methoxy groups -OCH3 is 1. The number of hydrogen-bond donors (Lipinski definition) is 3. The first-order valence-electron chi connectivity index (χ1n) is 25.4. The molecule has 7 aromatic rings. The van der Waals surface area contributed by atoms with E-state index in [-0.39, 0.29) is 41.9 Å². The molecule has 80 heavy (non-hydrogen) atoms. The average Bonchev–Trinajstić information content (AvgIpc) is 3.98. The van der Waals surface area contributed by atoms with E-state index in [1.54, 1.807) is 57.5 Å². The average molecular weight is 1150 g/mol. The van der Waals surface area contributed by atoms with Crippen molar-refractivity contribution in [3.63, 3.8) is 0 Å². The second-order valence-corrected chi connectivity index (χ2v) is 23.2. The summed E-state index contributed by atoms with van der Waals surface area (Å²) in [7, 11) is 3.45. The molecule has 2 amide bonds. The number of aromatic nitrogens is 3. The summed E-state index contributed by atoms with van der Waals surface area (Å²) in [4.78, 5) is 74.3. The molecule has 1 saturated heterocycles. The van der Waals surface area contributed by atoms with Crippen LogP contribution in [-0.2, 0) is 59.1 Å². The minimum absolute atomic E-state index is 0. The zero-order valence-corrected chi connectivity index (χ0v) is 48.4. The molecule has 16 nitrogen and oxygen atoms in total. The number of aryl methyl sites for hydroxylation is 1. The molecule has 4 N–H and O–H groups in total. The van der Waals surface area contributed by atoms with Crippen molar-refractivity contribution in [2.45, 2.75) is 81.0 Å². The van der Waals surface area contributed by atoms with Gasteiger partial charge in [-0.1, -0.05) is 139 Å². The number of carbonyl (C=O) groups is 4. The van der Waals surface area contributed by atoms with Gasteiger partial charge in [0.1, 0.15) is 52.5 Å². The Morgan fingerprint density at radius 2 is 1.41 bits per heavy atom. The fraction of sp³-hybridized carbons (Fsp3) is 0.267. The van der Waals surface area contributed by atoms with E-state index in [2.05, 4.69) is 15.8 Å². The number of β-lactam (4-membered cyclic amide) rings is 1. The van der Waals surface area contributed by atoms with E-state index in [0.29, 0.717) is 45.2 Å². The molecule has 1 fully saturated rings. The molecule has 2 aromatic heterocycles. The molecule has 2 aliphatic heterocycles.